The van der Waals surface area contributed by atoms with Crippen LogP contribution in [-0.2, 0) is 16.6 Å². The van der Waals surface area contributed by atoms with Crippen molar-refractivity contribution in [3.8, 4) is 0 Å². The van der Waals surface area contributed by atoms with Crippen LogP contribution in [0.3, 0.4) is 0 Å². The van der Waals surface area contributed by atoms with E-state index in [4.69, 9.17) is 4.42 Å². The predicted octanol–water partition coefficient (Wildman–Crippen LogP) is 2.87. The monoisotopic (exact) mass is 366 g/mol. The predicted molar refractivity (Wildman–Crippen MR) is 83.0 cm³/mol. The molecule has 0 bridgehead atoms. The molecule has 0 saturated carbocycles. The Morgan fingerprint density at radius 3 is 2.70 bits per heavy atom. The van der Waals surface area contributed by atoms with Gasteiger partial charge in [0.05, 0.1) is 6.54 Å². The zero-order chi connectivity index (χ0) is 15.2. The first-order valence-corrected chi connectivity index (χ1v) is 9.16. The summed E-state index contributed by atoms with van der Waals surface area (Å²) in [7, 11) is -3.52. The van der Waals surface area contributed by atoms with Gasteiger partial charge in [-0.1, -0.05) is 27.2 Å². The largest absolute Gasteiger partial charge is 0.452 e. The van der Waals surface area contributed by atoms with Crippen molar-refractivity contribution in [2.75, 3.05) is 13.1 Å². The van der Waals surface area contributed by atoms with E-state index in [1.807, 2.05) is 13.8 Å². The molecule has 0 spiro atoms. The Morgan fingerprint density at radius 1 is 1.40 bits per heavy atom. The van der Waals surface area contributed by atoms with Gasteiger partial charge >= 0.3 is 0 Å². The summed E-state index contributed by atoms with van der Waals surface area (Å²) in [5, 5.41) is 3.17. The lowest BCUT2D eigenvalue weighted by Gasteiger charge is -2.09. The van der Waals surface area contributed by atoms with Gasteiger partial charge in [0.25, 0.3) is 0 Å². The second kappa shape index (κ2) is 8.17. The smallest absolute Gasteiger partial charge is 0.244 e. The Hall–Kier alpha value is -0.370. The van der Waals surface area contributed by atoms with Crippen LogP contribution < -0.4 is 10.0 Å². The van der Waals surface area contributed by atoms with E-state index >= 15 is 0 Å². The molecule has 0 aromatic carbocycles. The number of halogens is 1. The maximum absolute atomic E-state index is 12.2. The van der Waals surface area contributed by atoms with Gasteiger partial charge in [-0.15, -0.1) is 0 Å². The van der Waals surface area contributed by atoms with Crippen LogP contribution in [0.2, 0.25) is 0 Å². The van der Waals surface area contributed by atoms with Crippen molar-refractivity contribution < 1.29 is 12.8 Å². The molecule has 0 amide bonds. The van der Waals surface area contributed by atoms with Gasteiger partial charge in [-0.05, 0) is 34.8 Å². The molecular formula is C13H23BrN2O3S. The SMILES string of the molecule is CCCNCc1cc(S(=O)(=O)NCC(C)CC)c(Br)o1. The highest BCUT2D eigenvalue weighted by atomic mass is 79.9. The van der Waals surface area contributed by atoms with Crippen LogP contribution in [0, 0.1) is 5.92 Å². The molecule has 1 heterocycles. The fourth-order valence-corrected chi connectivity index (χ4v) is 3.69. The molecular weight excluding hydrogens is 344 g/mol. The summed E-state index contributed by atoms with van der Waals surface area (Å²) in [6, 6.07) is 1.56. The standard InChI is InChI=1S/C13H23BrN2O3S/c1-4-6-15-9-11-7-12(13(14)19-11)20(17,18)16-8-10(3)5-2/h7,10,15-16H,4-6,8-9H2,1-3H3. The Morgan fingerprint density at radius 2 is 2.10 bits per heavy atom. The van der Waals surface area contributed by atoms with Crippen molar-refractivity contribution in [2.24, 2.45) is 5.92 Å². The molecule has 116 valence electrons. The average molecular weight is 367 g/mol. The maximum atomic E-state index is 12.2. The summed E-state index contributed by atoms with van der Waals surface area (Å²) < 4.78 is 32.7. The molecule has 1 unspecified atom stereocenters. The van der Waals surface area contributed by atoms with Crippen molar-refractivity contribution in [2.45, 2.75) is 45.1 Å². The molecule has 0 aliphatic carbocycles. The lowest BCUT2D eigenvalue weighted by atomic mass is 10.1. The van der Waals surface area contributed by atoms with Crippen LogP contribution >= 0.6 is 15.9 Å². The average Bonchev–Trinajstić information content (AvgIpc) is 2.78. The van der Waals surface area contributed by atoms with Gasteiger partial charge in [0.2, 0.25) is 10.0 Å². The van der Waals surface area contributed by atoms with E-state index in [1.165, 1.54) is 0 Å². The molecule has 0 radical (unpaired) electrons. The number of hydrogen-bond donors (Lipinski definition) is 2. The summed E-state index contributed by atoms with van der Waals surface area (Å²) in [5.74, 6) is 0.912. The van der Waals surface area contributed by atoms with Crippen molar-refractivity contribution in [1.29, 1.82) is 0 Å². The van der Waals surface area contributed by atoms with Crippen molar-refractivity contribution in [1.82, 2.24) is 10.0 Å². The number of nitrogens with one attached hydrogen (secondary N) is 2. The third-order valence-electron chi connectivity index (χ3n) is 3.04. The van der Waals surface area contributed by atoms with Gasteiger partial charge in [-0.25, -0.2) is 13.1 Å². The molecule has 0 saturated heterocycles. The zero-order valence-electron chi connectivity index (χ0n) is 12.2. The fourth-order valence-electron chi connectivity index (χ4n) is 1.53. The first-order valence-electron chi connectivity index (χ1n) is 6.89. The van der Waals surface area contributed by atoms with Gasteiger partial charge in [-0.2, -0.15) is 0 Å². The Kier molecular flexibility index (Phi) is 7.22. The van der Waals surface area contributed by atoms with Crippen LogP contribution in [0.4, 0.5) is 0 Å². The Bertz CT molecular complexity index is 514. The van der Waals surface area contributed by atoms with Gasteiger partial charge in [0.1, 0.15) is 10.7 Å². The molecule has 2 N–H and O–H groups in total. The molecule has 1 rings (SSSR count). The minimum absolute atomic E-state index is 0.161. The highest BCUT2D eigenvalue weighted by Gasteiger charge is 2.22. The van der Waals surface area contributed by atoms with Crippen LogP contribution in [0.5, 0.6) is 0 Å². The Balaban J connectivity index is 2.74. The van der Waals surface area contributed by atoms with E-state index in [0.29, 0.717) is 24.8 Å². The first kappa shape index (κ1) is 17.7. The molecule has 0 aliphatic rings. The van der Waals surface area contributed by atoms with E-state index in [-0.39, 0.29) is 9.56 Å². The second-order valence-electron chi connectivity index (χ2n) is 4.89. The molecule has 0 fully saturated rings. The highest BCUT2D eigenvalue weighted by molar-refractivity contribution is 9.10. The highest BCUT2D eigenvalue weighted by Crippen LogP contribution is 2.26. The molecule has 7 heteroatoms. The molecule has 1 aromatic rings. The first-order chi connectivity index (χ1) is 9.40. The van der Waals surface area contributed by atoms with Crippen molar-refractivity contribution >= 4 is 26.0 Å². The maximum Gasteiger partial charge on any atom is 0.244 e. The number of rotatable bonds is 9. The molecule has 0 aliphatic heterocycles. The van der Waals surface area contributed by atoms with Crippen LogP contribution in [0.25, 0.3) is 0 Å². The summed E-state index contributed by atoms with van der Waals surface area (Å²) in [5.41, 5.74) is 0. The molecule has 1 atom stereocenters. The van der Waals surface area contributed by atoms with Crippen LogP contribution in [0.1, 0.15) is 39.4 Å². The quantitative estimate of drug-likeness (QED) is 0.659. The second-order valence-corrected chi connectivity index (χ2v) is 7.35. The lowest BCUT2D eigenvalue weighted by Crippen LogP contribution is -2.28. The third-order valence-corrected chi connectivity index (χ3v) is 5.32. The van der Waals surface area contributed by atoms with Crippen molar-refractivity contribution in [3.63, 3.8) is 0 Å². The number of furan rings is 1. The van der Waals surface area contributed by atoms with Crippen LogP contribution in [-0.4, -0.2) is 21.5 Å². The fraction of sp³-hybridized carbons (Fsp3) is 0.692. The number of hydrogen-bond acceptors (Lipinski definition) is 4. The van der Waals surface area contributed by atoms with Crippen LogP contribution in [0.15, 0.2) is 20.0 Å². The minimum atomic E-state index is -3.52. The summed E-state index contributed by atoms with van der Waals surface area (Å²) >= 11 is 3.17. The molecule has 20 heavy (non-hydrogen) atoms. The van der Waals surface area contributed by atoms with Crippen molar-refractivity contribution in [3.05, 3.63) is 16.5 Å². The van der Waals surface area contributed by atoms with Gasteiger partial charge in [0, 0.05) is 12.6 Å². The normalized spacial score (nSPS) is 13.6. The topological polar surface area (TPSA) is 71.3 Å². The van der Waals surface area contributed by atoms with Gasteiger partial charge in [-0.3, -0.25) is 0 Å². The lowest BCUT2D eigenvalue weighted by molar-refractivity contribution is 0.460. The van der Waals surface area contributed by atoms with Gasteiger partial charge < -0.3 is 9.73 Å². The minimum Gasteiger partial charge on any atom is -0.452 e. The summed E-state index contributed by atoms with van der Waals surface area (Å²) in [6.45, 7) is 7.93. The third kappa shape index (κ3) is 5.20. The Labute approximate surface area is 129 Å². The summed E-state index contributed by atoms with van der Waals surface area (Å²) in [6.07, 6.45) is 1.95. The van der Waals surface area contributed by atoms with E-state index in [2.05, 4.69) is 32.9 Å². The number of sulfonamides is 1. The van der Waals surface area contributed by atoms with E-state index in [0.717, 1.165) is 19.4 Å². The van der Waals surface area contributed by atoms with E-state index in [9.17, 15) is 8.42 Å². The van der Waals surface area contributed by atoms with E-state index in [1.54, 1.807) is 6.07 Å². The van der Waals surface area contributed by atoms with Gasteiger partial charge in [0.15, 0.2) is 4.67 Å². The molecule has 5 nitrogen and oxygen atoms in total. The zero-order valence-corrected chi connectivity index (χ0v) is 14.6. The molecule has 1 aromatic heterocycles. The summed E-state index contributed by atoms with van der Waals surface area (Å²) in [4.78, 5) is 0.161. The van der Waals surface area contributed by atoms with E-state index < -0.39 is 10.0 Å².